The summed E-state index contributed by atoms with van der Waals surface area (Å²) in [6, 6.07) is 18.3. The third-order valence-corrected chi connectivity index (χ3v) is 6.64. The largest absolute Gasteiger partial charge is 0.534 e. The topological polar surface area (TPSA) is 83.9 Å². The van der Waals surface area contributed by atoms with Crippen LogP contribution in [0.25, 0.3) is 0 Å². The minimum absolute atomic E-state index is 0.132. The molecule has 198 valence electrons. The van der Waals surface area contributed by atoms with Crippen molar-refractivity contribution in [2.75, 3.05) is 4.90 Å². The molecule has 1 amide bonds. The first-order chi connectivity index (χ1) is 17.3. The summed E-state index contributed by atoms with van der Waals surface area (Å²) in [4.78, 5) is 13.5. The second-order valence-corrected chi connectivity index (χ2v) is 9.88. The van der Waals surface area contributed by atoms with Crippen molar-refractivity contribution in [2.45, 2.75) is 44.3 Å². The van der Waals surface area contributed by atoms with Crippen LogP contribution < -0.4 is 9.08 Å². The fourth-order valence-corrected chi connectivity index (χ4v) is 4.01. The number of aliphatic hydroxyl groups excluding tert-OH is 1. The van der Waals surface area contributed by atoms with Crippen molar-refractivity contribution < 1.29 is 40.1 Å². The van der Waals surface area contributed by atoms with E-state index >= 15 is 0 Å². The lowest BCUT2D eigenvalue weighted by atomic mass is 9.92. The molecule has 0 saturated carbocycles. The molecule has 4 rings (SSSR count). The second kappa shape index (κ2) is 11.3. The number of carbonyl (C=O) groups excluding carboxylic acids is 1. The first-order valence-electron chi connectivity index (χ1n) is 11.3. The van der Waals surface area contributed by atoms with E-state index in [4.69, 9.17) is 0 Å². The van der Waals surface area contributed by atoms with Gasteiger partial charge >= 0.3 is 15.6 Å². The zero-order valence-electron chi connectivity index (χ0n) is 19.9. The van der Waals surface area contributed by atoms with Crippen LogP contribution in [0.15, 0.2) is 72.8 Å². The minimum Gasteiger partial charge on any atom is -0.388 e. The second-order valence-electron chi connectivity index (χ2n) is 8.35. The van der Waals surface area contributed by atoms with E-state index in [0.717, 1.165) is 28.8 Å². The third-order valence-electron chi connectivity index (χ3n) is 5.66. The number of aryl methyl sites for hydroxylation is 1. The van der Waals surface area contributed by atoms with Gasteiger partial charge in [0, 0.05) is 5.69 Å². The predicted molar refractivity (Wildman–Crippen MR) is 130 cm³/mol. The Morgan fingerprint density at radius 1 is 1.00 bits per heavy atom. The Hall–Kier alpha value is -3.44. The van der Waals surface area contributed by atoms with Gasteiger partial charge in [-0.3, -0.25) is 4.79 Å². The van der Waals surface area contributed by atoms with Gasteiger partial charge in [0.25, 0.3) is 0 Å². The quantitative estimate of drug-likeness (QED) is 0.181. The van der Waals surface area contributed by atoms with E-state index in [-0.39, 0.29) is 17.8 Å². The van der Waals surface area contributed by atoms with Crippen molar-refractivity contribution in [3.63, 3.8) is 0 Å². The summed E-state index contributed by atoms with van der Waals surface area (Å²) >= 11 is 0. The Bertz CT molecular complexity index is 1310. The summed E-state index contributed by atoms with van der Waals surface area (Å²) in [5, 5.41) is 9.30. The van der Waals surface area contributed by atoms with Gasteiger partial charge in [-0.15, -0.1) is 0 Å². The van der Waals surface area contributed by atoms with Crippen molar-refractivity contribution in [1.82, 2.24) is 0 Å². The summed E-state index contributed by atoms with van der Waals surface area (Å²) in [6.45, 7) is 3.83. The van der Waals surface area contributed by atoms with Crippen molar-refractivity contribution >= 4 is 21.7 Å². The molecule has 1 N–H and O–H groups in total. The Kier molecular flexibility index (Phi) is 8.60. The zero-order chi connectivity index (χ0) is 27.4. The number of β-lactam (4-membered cyclic amide) rings is 1. The van der Waals surface area contributed by atoms with Crippen LogP contribution in [0.1, 0.15) is 48.6 Å². The Balaban J connectivity index is 0.000000289. The number of aliphatic hydroxyl groups is 1. The van der Waals surface area contributed by atoms with Crippen molar-refractivity contribution in [3.8, 4) is 5.75 Å². The highest BCUT2D eigenvalue weighted by molar-refractivity contribution is 7.88. The predicted octanol–water partition coefficient (Wildman–Crippen LogP) is 5.97. The van der Waals surface area contributed by atoms with E-state index in [9.17, 15) is 35.9 Å². The highest BCUT2D eigenvalue weighted by atomic mass is 32.2. The average molecular weight is 540 g/mol. The summed E-state index contributed by atoms with van der Waals surface area (Å²) in [5.74, 6) is -0.879. The highest BCUT2D eigenvalue weighted by Crippen LogP contribution is 2.39. The van der Waals surface area contributed by atoms with Gasteiger partial charge in [0.15, 0.2) is 0 Å². The van der Waals surface area contributed by atoms with Crippen LogP contribution in [0.5, 0.6) is 5.75 Å². The van der Waals surface area contributed by atoms with Crippen LogP contribution in [0.3, 0.4) is 0 Å². The number of nitrogens with zero attached hydrogens (tertiary/aromatic N) is 1. The van der Waals surface area contributed by atoms with Gasteiger partial charge < -0.3 is 14.2 Å². The molecule has 3 aromatic carbocycles. The number of halogens is 4. The summed E-state index contributed by atoms with van der Waals surface area (Å²) < 4.78 is 75.5. The molecule has 3 aromatic rings. The maximum absolute atomic E-state index is 12.4. The molecule has 0 bridgehead atoms. The molecule has 0 aliphatic carbocycles. The summed E-state index contributed by atoms with van der Waals surface area (Å²) in [6.07, 6.45) is 0.519. The minimum atomic E-state index is -5.72. The monoisotopic (exact) mass is 539 g/mol. The molecule has 6 nitrogen and oxygen atoms in total. The molecule has 1 aliphatic heterocycles. The van der Waals surface area contributed by atoms with Crippen LogP contribution in [-0.4, -0.2) is 24.9 Å². The molecule has 0 spiro atoms. The maximum Gasteiger partial charge on any atom is 0.534 e. The van der Waals surface area contributed by atoms with Gasteiger partial charge in [-0.2, -0.15) is 21.6 Å². The van der Waals surface area contributed by atoms with Gasteiger partial charge in [0.1, 0.15) is 11.6 Å². The fraction of sp³-hybridized carbons (Fsp3) is 0.269. The number of hydrogen-bond donors (Lipinski definition) is 1. The molecule has 11 heteroatoms. The van der Waals surface area contributed by atoms with Crippen LogP contribution >= 0.6 is 0 Å². The van der Waals surface area contributed by atoms with Crippen LogP contribution in [0, 0.1) is 12.7 Å². The SMILES string of the molecule is CCC(O)c1ccc(F)cc1.Cc1ccc(C2CC(=O)N2c2ccc(OS(=O)(=O)C(F)(F)F)cc2)cc1. The molecular weight excluding hydrogens is 514 g/mol. The number of hydrogen-bond acceptors (Lipinski definition) is 5. The van der Waals surface area contributed by atoms with Crippen molar-refractivity contribution in [2.24, 2.45) is 0 Å². The van der Waals surface area contributed by atoms with Gasteiger partial charge in [-0.25, -0.2) is 4.39 Å². The molecule has 1 saturated heterocycles. The van der Waals surface area contributed by atoms with Gasteiger partial charge in [-0.1, -0.05) is 48.9 Å². The van der Waals surface area contributed by atoms with Gasteiger partial charge in [0.05, 0.1) is 18.6 Å². The number of amides is 1. The average Bonchev–Trinajstić information content (AvgIpc) is 2.84. The molecule has 1 heterocycles. The van der Waals surface area contributed by atoms with E-state index in [2.05, 4.69) is 4.18 Å². The molecule has 2 unspecified atom stereocenters. The Labute approximate surface area is 212 Å². The van der Waals surface area contributed by atoms with E-state index in [1.54, 1.807) is 12.1 Å². The Morgan fingerprint density at radius 3 is 2.05 bits per heavy atom. The van der Waals surface area contributed by atoms with E-state index in [0.29, 0.717) is 18.5 Å². The summed E-state index contributed by atoms with van der Waals surface area (Å²) in [5.41, 5.74) is -2.26. The van der Waals surface area contributed by atoms with E-state index < -0.39 is 27.5 Å². The molecule has 37 heavy (non-hydrogen) atoms. The summed E-state index contributed by atoms with van der Waals surface area (Å²) in [7, 11) is -5.72. The Morgan fingerprint density at radius 2 is 1.57 bits per heavy atom. The van der Waals surface area contributed by atoms with Crippen LogP contribution in [0.2, 0.25) is 0 Å². The molecule has 1 fully saturated rings. The third kappa shape index (κ3) is 6.86. The molecule has 2 atom stereocenters. The molecular formula is C26H25F4NO5S. The lowest BCUT2D eigenvalue weighted by molar-refractivity contribution is -0.124. The van der Waals surface area contributed by atoms with Crippen molar-refractivity contribution in [3.05, 3.63) is 95.3 Å². The number of carbonyl (C=O) groups is 1. The lowest BCUT2D eigenvalue weighted by Crippen LogP contribution is -2.46. The fourth-order valence-electron chi connectivity index (χ4n) is 3.55. The van der Waals surface area contributed by atoms with Crippen molar-refractivity contribution in [1.29, 1.82) is 0 Å². The van der Waals surface area contributed by atoms with Gasteiger partial charge in [0.2, 0.25) is 5.91 Å². The number of alkyl halides is 3. The van der Waals surface area contributed by atoms with E-state index in [1.165, 1.54) is 29.2 Å². The highest BCUT2D eigenvalue weighted by Gasteiger charge is 2.48. The normalized spacial score (nSPS) is 16.4. The van der Waals surface area contributed by atoms with Gasteiger partial charge in [-0.05, 0) is 60.9 Å². The smallest absolute Gasteiger partial charge is 0.388 e. The number of benzene rings is 3. The number of anilines is 1. The number of rotatable bonds is 6. The molecule has 1 aliphatic rings. The first-order valence-corrected chi connectivity index (χ1v) is 12.7. The first kappa shape index (κ1) is 28.1. The lowest BCUT2D eigenvalue weighted by Gasteiger charge is -2.40. The van der Waals surface area contributed by atoms with Crippen LogP contribution in [-0.2, 0) is 14.9 Å². The molecule has 0 radical (unpaired) electrons. The zero-order valence-corrected chi connectivity index (χ0v) is 20.8. The van der Waals surface area contributed by atoms with E-state index in [1.807, 2.05) is 38.1 Å². The maximum atomic E-state index is 12.4. The standard InChI is InChI=1S/C17H14F3NO4S.C9H11FO/c1-11-2-4-12(5-3-11)15-10-16(22)21(15)13-6-8-14(9-7-13)25-26(23,24)17(18,19)20;1-2-9(11)7-3-5-8(10)6-4-7/h2-9,15H,10H2,1H3;3-6,9,11H,2H2,1H3. The van der Waals surface area contributed by atoms with Crippen LogP contribution in [0.4, 0.5) is 23.2 Å². The molecule has 0 aromatic heterocycles.